The lowest BCUT2D eigenvalue weighted by molar-refractivity contribution is 0.246. The lowest BCUT2D eigenvalue weighted by Crippen LogP contribution is -2.39. The summed E-state index contributed by atoms with van der Waals surface area (Å²) in [7, 11) is -4.14. The minimum atomic E-state index is -4.14. The number of amides is 2. The summed E-state index contributed by atoms with van der Waals surface area (Å²) in [6.45, 7) is 1.90. The van der Waals surface area contributed by atoms with Crippen LogP contribution in [-0.2, 0) is 10.0 Å². The first-order valence-electron chi connectivity index (χ1n) is 4.83. The van der Waals surface area contributed by atoms with Crippen molar-refractivity contribution in [1.29, 1.82) is 0 Å². The minimum Gasteiger partial charge on any atom is -0.398 e. The molecule has 0 aliphatic rings. The van der Waals surface area contributed by atoms with E-state index in [9.17, 15) is 17.6 Å². The van der Waals surface area contributed by atoms with Crippen LogP contribution < -0.4 is 15.8 Å². The molecular formula is C9H11BrFN3O3S. The Kier molecular flexibility index (Phi) is 4.52. The number of rotatable bonds is 3. The number of halogens is 2. The third-order valence-corrected chi connectivity index (χ3v) is 3.90. The largest absolute Gasteiger partial charge is 0.398 e. The van der Waals surface area contributed by atoms with E-state index in [-0.39, 0.29) is 21.6 Å². The molecule has 18 heavy (non-hydrogen) atoms. The van der Waals surface area contributed by atoms with E-state index < -0.39 is 21.9 Å². The van der Waals surface area contributed by atoms with Gasteiger partial charge >= 0.3 is 6.03 Å². The molecule has 0 aliphatic carbocycles. The maximum Gasteiger partial charge on any atom is 0.328 e. The van der Waals surface area contributed by atoms with Gasteiger partial charge in [0.2, 0.25) is 0 Å². The Labute approximate surface area is 112 Å². The van der Waals surface area contributed by atoms with Crippen LogP contribution in [0, 0.1) is 5.82 Å². The zero-order valence-corrected chi connectivity index (χ0v) is 11.7. The van der Waals surface area contributed by atoms with Gasteiger partial charge in [-0.15, -0.1) is 0 Å². The van der Waals surface area contributed by atoms with Crippen LogP contribution >= 0.6 is 15.9 Å². The fourth-order valence-corrected chi connectivity index (χ4v) is 2.71. The average molecular weight is 340 g/mol. The normalized spacial score (nSPS) is 11.1. The smallest absolute Gasteiger partial charge is 0.328 e. The summed E-state index contributed by atoms with van der Waals surface area (Å²) < 4.78 is 38.4. The van der Waals surface area contributed by atoms with Crippen molar-refractivity contribution < 1.29 is 17.6 Å². The maximum absolute atomic E-state index is 13.1. The van der Waals surface area contributed by atoms with Crippen molar-refractivity contribution in [2.75, 3.05) is 12.3 Å². The summed E-state index contributed by atoms with van der Waals surface area (Å²) in [5.41, 5.74) is 5.13. The second kappa shape index (κ2) is 5.53. The molecule has 0 fully saturated rings. The Balaban J connectivity index is 3.13. The number of sulfonamides is 1. The van der Waals surface area contributed by atoms with Gasteiger partial charge in [-0.2, -0.15) is 0 Å². The van der Waals surface area contributed by atoms with Crippen LogP contribution in [0.4, 0.5) is 14.9 Å². The van der Waals surface area contributed by atoms with Gasteiger partial charge in [0.05, 0.1) is 10.2 Å². The van der Waals surface area contributed by atoms with Crippen LogP contribution in [0.5, 0.6) is 0 Å². The summed E-state index contributed by atoms with van der Waals surface area (Å²) in [5, 5.41) is 2.26. The number of benzene rings is 1. The second-order valence-electron chi connectivity index (χ2n) is 3.27. The molecule has 0 unspecified atom stereocenters. The van der Waals surface area contributed by atoms with E-state index >= 15 is 0 Å². The van der Waals surface area contributed by atoms with Gasteiger partial charge in [-0.1, -0.05) is 0 Å². The summed E-state index contributed by atoms with van der Waals surface area (Å²) in [5.74, 6) is -0.690. The third-order valence-electron chi connectivity index (χ3n) is 1.91. The first-order chi connectivity index (χ1) is 8.27. The number of urea groups is 1. The highest BCUT2D eigenvalue weighted by molar-refractivity contribution is 9.10. The van der Waals surface area contributed by atoms with Crippen molar-refractivity contribution in [3.05, 3.63) is 22.4 Å². The number of carbonyl (C=O) groups is 1. The molecule has 1 aromatic rings. The van der Waals surface area contributed by atoms with Crippen LogP contribution in [-0.4, -0.2) is 21.0 Å². The number of nitrogen functional groups attached to an aromatic ring is 1. The van der Waals surface area contributed by atoms with Crippen LogP contribution in [0.15, 0.2) is 21.5 Å². The number of anilines is 1. The van der Waals surface area contributed by atoms with Crippen LogP contribution in [0.2, 0.25) is 0 Å². The molecule has 0 saturated heterocycles. The van der Waals surface area contributed by atoms with Gasteiger partial charge in [0.1, 0.15) is 10.7 Å². The van der Waals surface area contributed by atoms with E-state index in [0.717, 1.165) is 12.1 Å². The molecule has 0 bridgehead atoms. The summed E-state index contributed by atoms with van der Waals surface area (Å²) in [4.78, 5) is 10.8. The molecule has 0 aromatic heterocycles. The van der Waals surface area contributed by atoms with E-state index in [2.05, 4.69) is 21.2 Å². The van der Waals surface area contributed by atoms with Gasteiger partial charge in [-0.05, 0) is 35.0 Å². The Morgan fingerprint density at radius 3 is 2.67 bits per heavy atom. The second-order valence-corrected chi connectivity index (χ2v) is 5.77. The molecule has 100 valence electrons. The van der Waals surface area contributed by atoms with E-state index in [1.165, 1.54) is 0 Å². The summed E-state index contributed by atoms with van der Waals surface area (Å²) >= 11 is 2.85. The van der Waals surface area contributed by atoms with Gasteiger partial charge < -0.3 is 11.1 Å². The Hall–Kier alpha value is -1.35. The molecule has 0 heterocycles. The standard InChI is InChI=1S/C9H11BrFN3O3S/c1-2-13-9(15)14-18(16,17)8-3-5(10)6(11)4-7(8)12/h3-4H,2,12H2,1H3,(H2,13,14,15). The molecule has 2 amide bonds. The SMILES string of the molecule is CCNC(=O)NS(=O)(=O)c1cc(Br)c(F)cc1N. The molecule has 6 nitrogen and oxygen atoms in total. The van der Waals surface area contributed by atoms with Crippen molar-refractivity contribution in [2.45, 2.75) is 11.8 Å². The molecule has 0 aliphatic heterocycles. The predicted octanol–water partition coefficient (Wildman–Crippen LogP) is 1.18. The monoisotopic (exact) mass is 339 g/mol. The van der Waals surface area contributed by atoms with E-state index in [1.54, 1.807) is 11.6 Å². The van der Waals surface area contributed by atoms with Gasteiger partial charge in [-0.3, -0.25) is 0 Å². The number of nitrogens with two attached hydrogens (primary N) is 1. The van der Waals surface area contributed by atoms with E-state index in [1.807, 2.05) is 0 Å². The summed E-state index contributed by atoms with van der Waals surface area (Å²) in [6, 6.07) is 0.972. The highest BCUT2D eigenvalue weighted by Gasteiger charge is 2.21. The fraction of sp³-hybridized carbons (Fsp3) is 0.222. The van der Waals surface area contributed by atoms with Crippen molar-refractivity contribution in [3.8, 4) is 0 Å². The fourth-order valence-electron chi connectivity index (χ4n) is 1.15. The molecule has 0 saturated carbocycles. The topological polar surface area (TPSA) is 101 Å². The molecule has 0 spiro atoms. The number of hydrogen-bond acceptors (Lipinski definition) is 4. The Morgan fingerprint density at radius 1 is 1.50 bits per heavy atom. The van der Waals surface area contributed by atoms with Crippen molar-refractivity contribution in [3.63, 3.8) is 0 Å². The van der Waals surface area contributed by atoms with Crippen molar-refractivity contribution in [2.24, 2.45) is 0 Å². The molecule has 9 heteroatoms. The third kappa shape index (κ3) is 3.33. The number of hydrogen-bond donors (Lipinski definition) is 3. The van der Waals surface area contributed by atoms with E-state index in [4.69, 9.17) is 5.73 Å². The van der Waals surface area contributed by atoms with Gasteiger partial charge in [0, 0.05) is 6.54 Å². The van der Waals surface area contributed by atoms with Crippen molar-refractivity contribution in [1.82, 2.24) is 10.0 Å². The quantitative estimate of drug-likeness (QED) is 0.719. The molecule has 4 N–H and O–H groups in total. The Bertz CT molecular complexity index is 577. The average Bonchev–Trinajstić information content (AvgIpc) is 2.22. The van der Waals surface area contributed by atoms with Crippen LogP contribution in [0.1, 0.15) is 6.92 Å². The van der Waals surface area contributed by atoms with Crippen LogP contribution in [0.25, 0.3) is 0 Å². The molecule has 1 aromatic carbocycles. The lowest BCUT2D eigenvalue weighted by Gasteiger charge is -2.10. The summed E-state index contributed by atoms with van der Waals surface area (Å²) in [6.07, 6.45) is 0. The number of nitrogens with one attached hydrogen (secondary N) is 2. The molecule has 0 atom stereocenters. The first-order valence-corrected chi connectivity index (χ1v) is 7.10. The lowest BCUT2D eigenvalue weighted by atomic mass is 10.3. The molecular weight excluding hydrogens is 329 g/mol. The zero-order valence-electron chi connectivity index (χ0n) is 9.33. The predicted molar refractivity (Wildman–Crippen MR) is 67.9 cm³/mol. The highest BCUT2D eigenvalue weighted by Crippen LogP contribution is 2.25. The minimum absolute atomic E-state index is 0.0621. The van der Waals surface area contributed by atoms with Crippen molar-refractivity contribution >= 4 is 37.7 Å². The molecule has 0 radical (unpaired) electrons. The highest BCUT2D eigenvalue weighted by atomic mass is 79.9. The van der Waals surface area contributed by atoms with Gasteiger partial charge in [-0.25, -0.2) is 22.3 Å². The van der Waals surface area contributed by atoms with Gasteiger partial charge in [0.25, 0.3) is 10.0 Å². The maximum atomic E-state index is 13.1. The molecule has 1 rings (SSSR count). The number of carbonyl (C=O) groups excluding carboxylic acids is 1. The van der Waals surface area contributed by atoms with Gasteiger partial charge in [0.15, 0.2) is 0 Å². The Morgan fingerprint density at radius 2 is 2.11 bits per heavy atom. The first kappa shape index (κ1) is 14.7. The van der Waals surface area contributed by atoms with Crippen LogP contribution in [0.3, 0.4) is 0 Å². The zero-order chi connectivity index (χ0) is 13.9. The van der Waals surface area contributed by atoms with E-state index in [0.29, 0.717) is 0 Å².